The topological polar surface area (TPSA) is 140 Å². The second-order valence-corrected chi connectivity index (χ2v) is 6.80. The molecule has 0 spiro atoms. The number of ether oxygens (including phenoxy) is 2. The van der Waals surface area contributed by atoms with E-state index in [2.05, 4.69) is 20.1 Å². The summed E-state index contributed by atoms with van der Waals surface area (Å²) in [5.41, 5.74) is 16.8. The van der Waals surface area contributed by atoms with E-state index in [1.807, 2.05) is 0 Å². The average molecular weight is 393 g/mol. The Kier molecular flexibility index (Phi) is 6.52. The van der Waals surface area contributed by atoms with Gasteiger partial charge in [-0.2, -0.15) is 0 Å². The number of halogens is 5. The second kappa shape index (κ2) is 7.57. The summed E-state index contributed by atoms with van der Waals surface area (Å²) < 4.78 is 36.5. The summed E-state index contributed by atoms with van der Waals surface area (Å²) in [4.78, 5) is 4.79. The van der Waals surface area contributed by atoms with Crippen LogP contribution in [0.15, 0.2) is 10.2 Å². The van der Waals surface area contributed by atoms with Crippen LogP contribution in [-0.4, -0.2) is 40.6 Å². The molecular formula is C9H10Cl3F2N7O2. The molecule has 4 atom stereocenters. The fourth-order valence-corrected chi connectivity index (χ4v) is 1.98. The number of azide groups is 2. The molecule has 1 aliphatic rings. The summed E-state index contributed by atoms with van der Waals surface area (Å²) in [7, 11) is 0. The Morgan fingerprint density at radius 1 is 1.39 bits per heavy atom. The average Bonchev–Trinajstić information content (AvgIpc) is 2.44. The SMILES string of the molecule is C[C@@H]1[C@@H](CN=[N+]=[N-])OC(OC(=N)C(Cl)(Cl)Cl)[C@H](N=[N+]=[N-])C1(F)F. The van der Waals surface area contributed by atoms with Crippen LogP contribution < -0.4 is 0 Å². The maximum atomic E-state index is 14.4. The number of rotatable bonds is 4. The Morgan fingerprint density at radius 3 is 2.48 bits per heavy atom. The van der Waals surface area contributed by atoms with Gasteiger partial charge in [0.25, 0.3) is 9.72 Å². The maximum absolute atomic E-state index is 14.4. The molecule has 128 valence electrons. The highest BCUT2D eigenvalue weighted by molar-refractivity contribution is 6.76. The van der Waals surface area contributed by atoms with Gasteiger partial charge < -0.3 is 9.47 Å². The zero-order valence-corrected chi connectivity index (χ0v) is 13.7. The minimum Gasteiger partial charge on any atom is -0.447 e. The lowest BCUT2D eigenvalue weighted by Crippen LogP contribution is -2.59. The van der Waals surface area contributed by atoms with Crippen LogP contribution in [-0.2, 0) is 9.47 Å². The second-order valence-electron chi connectivity index (χ2n) is 4.51. The zero-order valence-electron chi connectivity index (χ0n) is 11.4. The first-order valence-electron chi connectivity index (χ1n) is 5.96. The van der Waals surface area contributed by atoms with Crippen molar-refractivity contribution < 1.29 is 18.3 Å². The number of nitrogens with one attached hydrogen (secondary N) is 1. The molecule has 23 heavy (non-hydrogen) atoms. The van der Waals surface area contributed by atoms with Crippen LogP contribution in [0.2, 0.25) is 0 Å². The van der Waals surface area contributed by atoms with Crippen LogP contribution in [0.3, 0.4) is 0 Å². The lowest BCUT2D eigenvalue weighted by atomic mass is 9.88. The molecule has 0 saturated carbocycles. The van der Waals surface area contributed by atoms with E-state index in [1.54, 1.807) is 0 Å². The van der Waals surface area contributed by atoms with E-state index in [4.69, 9.17) is 60.7 Å². The van der Waals surface area contributed by atoms with Crippen molar-refractivity contribution >= 4 is 40.7 Å². The molecule has 0 aliphatic carbocycles. The fourth-order valence-electron chi connectivity index (χ4n) is 1.84. The number of hydrogen-bond donors (Lipinski definition) is 1. The highest BCUT2D eigenvalue weighted by Gasteiger charge is 2.57. The zero-order chi connectivity index (χ0) is 17.8. The van der Waals surface area contributed by atoms with Gasteiger partial charge in [-0.05, 0) is 11.1 Å². The Labute approximate surface area is 143 Å². The predicted molar refractivity (Wildman–Crippen MR) is 78.8 cm³/mol. The number of nitrogens with zero attached hydrogens (tertiary/aromatic N) is 6. The molecule has 1 aliphatic heterocycles. The van der Waals surface area contributed by atoms with E-state index in [9.17, 15) is 8.78 Å². The molecule has 0 radical (unpaired) electrons. The summed E-state index contributed by atoms with van der Waals surface area (Å²) in [6, 6.07) is -2.10. The Morgan fingerprint density at radius 2 is 2.00 bits per heavy atom. The van der Waals surface area contributed by atoms with Crippen molar-refractivity contribution in [2.75, 3.05) is 6.54 Å². The maximum Gasteiger partial charge on any atom is 0.267 e. The smallest absolute Gasteiger partial charge is 0.267 e. The molecule has 0 aromatic heterocycles. The molecule has 1 rings (SSSR count). The standard InChI is InChI=1S/C9H10Cl3F2N7O2/c1-3-4(2-18-20-16)22-6(23-7(15)9(10,11)12)5(19-21-17)8(3,13)14/h3-6,15H,2H2,1H3/t3-,4-,5+,6?/m1/s1. The first-order chi connectivity index (χ1) is 10.6. The van der Waals surface area contributed by atoms with Gasteiger partial charge in [0.2, 0.25) is 12.2 Å². The van der Waals surface area contributed by atoms with Crippen molar-refractivity contribution in [3.63, 3.8) is 0 Å². The Bertz CT molecular complexity index is 560. The quantitative estimate of drug-likeness (QED) is 0.190. The molecule has 0 aromatic carbocycles. The Balaban J connectivity index is 3.13. The van der Waals surface area contributed by atoms with Crippen LogP contribution in [0.25, 0.3) is 20.9 Å². The molecule has 1 saturated heterocycles. The van der Waals surface area contributed by atoms with Crippen LogP contribution in [0.1, 0.15) is 6.92 Å². The van der Waals surface area contributed by atoms with Crippen molar-refractivity contribution in [3.8, 4) is 0 Å². The number of alkyl halides is 5. The molecular weight excluding hydrogens is 383 g/mol. The van der Waals surface area contributed by atoms with Crippen LogP contribution in [0, 0.1) is 11.3 Å². The highest BCUT2D eigenvalue weighted by Crippen LogP contribution is 2.42. The van der Waals surface area contributed by atoms with Crippen molar-refractivity contribution in [2.45, 2.75) is 35.1 Å². The monoisotopic (exact) mass is 391 g/mol. The molecule has 1 heterocycles. The summed E-state index contributed by atoms with van der Waals surface area (Å²) in [6.07, 6.45) is -3.14. The normalized spacial score (nSPS) is 29.8. The van der Waals surface area contributed by atoms with Crippen LogP contribution in [0.4, 0.5) is 8.78 Å². The number of hydrogen-bond acceptors (Lipinski definition) is 5. The summed E-state index contributed by atoms with van der Waals surface area (Å²) >= 11 is 16.2. The van der Waals surface area contributed by atoms with Gasteiger partial charge in [-0.15, -0.1) is 0 Å². The van der Waals surface area contributed by atoms with E-state index >= 15 is 0 Å². The van der Waals surface area contributed by atoms with Crippen molar-refractivity contribution in [3.05, 3.63) is 20.9 Å². The molecule has 9 nitrogen and oxygen atoms in total. The van der Waals surface area contributed by atoms with E-state index in [-0.39, 0.29) is 0 Å². The van der Waals surface area contributed by atoms with Crippen molar-refractivity contribution in [1.82, 2.24) is 0 Å². The van der Waals surface area contributed by atoms with Gasteiger partial charge in [-0.25, -0.2) is 8.78 Å². The van der Waals surface area contributed by atoms with E-state index in [0.29, 0.717) is 0 Å². The van der Waals surface area contributed by atoms with Gasteiger partial charge in [-0.3, -0.25) is 5.41 Å². The lowest BCUT2D eigenvalue weighted by Gasteiger charge is -2.43. The molecule has 14 heteroatoms. The predicted octanol–water partition coefficient (Wildman–Crippen LogP) is 4.34. The fraction of sp³-hybridized carbons (Fsp3) is 0.889. The van der Waals surface area contributed by atoms with Gasteiger partial charge in [0, 0.05) is 15.7 Å². The third-order valence-electron chi connectivity index (χ3n) is 3.12. The largest absolute Gasteiger partial charge is 0.447 e. The van der Waals surface area contributed by atoms with Gasteiger partial charge in [0.05, 0.1) is 12.6 Å². The van der Waals surface area contributed by atoms with Gasteiger partial charge in [-0.1, -0.05) is 52.0 Å². The molecule has 1 unspecified atom stereocenters. The van der Waals surface area contributed by atoms with Gasteiger partial charge >= 0.3 is 0 Å². The molecule has 1 fully saturated rings. The lowest BCUT2D eigenvalue weighted by molar-refractivity contribution is -0.263. The molecule has 0 aromatic rings. The van der Waals surface area contributed by atoms with E-state index in [1.165, 1.54) is 0 Å². The van der Waals surface area contributed by atoms with Gasteiger partial charge in [0.1, 0.15) is 0 Å². The van der Waals surface area contributed by atoms with Crippen molar-refractivity contribution in [1.29, 1.82) is 5.41 Å². The van der Waals surface area contributed by atoms with Gasteiger partial charge in [0.15, 0.2) is 6.04 Å². The summed E-state index contributed by atoms with van der Waals surface area (Å²) in [5.74, 6) is -6.01. The Hall–Kier alpha value is -1.22. The van der Waals surface area contributed by atoms with Crippen LogP contribution in [0.5, 0.6) is 0 Å². The molecule has 0 bridgehead atoms. The van der Waals surface area contributed by atoms with Crippen molar-refractivity contribution in [2.24, 2.45) is 16.1 Å². The first kappa shape index (κ1) is 19.8. The summed E-state index contributed by atoms with van der Waals surface area (Å²) in [5, 5.41) is 13.6. The molecule has 1 N–H and O–H groups in total. The third-order valence-corrected chi connectivity index (χ3v) is 3.63. The minimum atomic E-state index is -3.57. The molecule has 0 amide bonds. The van der Waals surface area contributed by atoms with E-state index < -0.39 is 46.5 Å². The summed E-state index contributed by atoms with van der Waals surface area (Å²) in [6.45, 7) is 0.713. The van der Waals surface area contributed by atoms with E-state index in [0.717, 1.165) is 6.92 Å². The van der Waals surface area contributed by atoms with Crippen LogP contribution >= 0.6 is 34.8 Å². The highest BCUT2D eigenvalue weighted by atomic mass is 35.6. The minimum absolute atomic E-state index is 0.419. The third kappa shape index (κ3) is 4.63. The first-order valence-corrected chi connectivity index (χ1v) is 7.09.